The van der Waals surface area contributed by atoms with Gasteiger partial charge in [0.1, 0.15) is 0 Å². The first-order valence-electron chi connectivity index (χ1n) is 8.63. The molecule has 3 rings (SSSR count). The van der Waals surface area contributed by atoms with Crippen molar-refractivity contribution < 1.29 is 0 Å². The number of para-hydroxylation sites is 1. The maximum absolute atomic E-state index is 6.03. The van der Waals surface area contributed by atoms with Gasteiger partial charge in [0.05, 0.1) is 0 Å². The molecule has 0 aromatic heterocycles. The average Bonchev–Trinajstić information content (AvgIpc) is 2.55. The van der Waals surface area contributed by atoms with E-state index in [9.17, 15) is 0 Å². The molecule has 1 aromatic carbocycles. The SMILES string of the molecule is Nc1ccccc1CCN1CCC(N2CCCCC2)CC1. The Kier molecular flexibility index (Phi) is 5.15. The summed E-state index contributed by atoms with van der Waals surface area (Å²) in [6.07, 6.45) is 8.05. The highest BCUT2D eigenvalue weighted by atomic mass is 15.2. The van der Waals surface area contributed by atoms with E-state index >= 15 is 0 Å². The van der Waals surface area contributed by atoms with E-state index in [1.54, 1.807) is 0 Å². The number of nitrogen functional groups attached to an aromatic ring is 1. The number of likely N-dealkylation sites (tertiary alicyclic amines) is 2. The molecule has 21 heavy (non-hydrogen) atoms. The maximum atomic E-state index is 6.03. The first-order valence-corrected chi connectivity index (χ1v) is 8.63. The van der Waals surface area contributed by atoms with Gasteiger partial charge in [-0.05, 0) is 69.9 Å². The second-order valence-corrected chi connectivity index (χ2v) is 6.62. The lowest BCUT2D eigenvalue weighted by Crippen LogP contribution is -2.47. The van der Waals surface area contributed by atoms with Crippen molar-refractivity contribution in [3.63, 3.8) is 0 Å². The maximum Gasteiger partial charge on any atom is 0.0347 e. The zero-order chi connectivity index (χ0) is 14.5. The Morgan fingerprint density at radius 2 is 1.67 bits per heavy atom. The molecule has 0 aliphatic carbocycles. The van der Waals surface area contributed by atoms with E-state index in [0.29, 0.717) is 0 Å². The Balaban J connectivity index is 1.42. The van der Waals surface area contributed by atoms with Crippen molar-refractivity contribution in [1.29, 1.82) is 0 Å². The molecule has 0 spiro atoms. The molecule has 2 heterocycles. The van der Waals surface area contributed by atoms with E-state index < -0.39 is 0 Å². The molecule has 116 valence electrons. The molecule has 3 heteroatoms. The summed E-state index contributed by atoms with van der Waals surface area (Å²) in [5.41, 5.74) is 8.28. The van der Waals surface area contributed by atoms with Crippen molar-refractivity contribution in [3.05, 3.63) is 29.8 Å². The third kappa shape index (κ3) is 3.98. The Morgan fingerprint density at radius 1 is 0.952 bits per heavy atom. The fourth-order valence-electron chi connectivity index (χ4n) is 3.83. The summed E-state index contributed by atoms with van der Waals surface area (Å²) in [6.45, 7) is 6.35. The van der Waals surface area contributed by atoms with Gasteiger partial charge in [0.15, 0.2) is 0 Å². The van der Waals surface area contributed by atoms with Crippen LogP contribution in [0.2, 0.25) is 0 Å². The van der Waals surface area contributed by atoms with Crippen LogP contribution in [-0.2, 0) is 6.42 Å². The van der Waals surface area contributed by atoms with Crippen LogP contribution in [0.4, 0.5) is 5.69 Å². The Labute approximate surface area is 129 Å². The van der Waals surface area contributed by atoms with Crippen LogP contribution >= 0.6 is 0 Å². The minimum Gasteiger partial charge on any atom is -0.399 e. The molecule has 2 aliphatic rings. The van der Waals surface area contributed by atoms with Crippen molar-refractivity contribution in [3.8, 4) is 0 Å². The van der Waals surface area contributed by atoms with Gasteiger partial charge in [0, 0.05) is 18.3 Å². The minimum atomic E-state index is 0.850. The molecule has 2 saturated heterocycles. The molecular formula is C18H29N3. The van der Waals surface area contributed by atoms with Gasteiger partial charge in [-0.15, -0.1) is 0 Å². The number of nitrogens with two attached hydrogens (primary N) is 1. The molecule has 1 aromatic rings. The van der Waals surface area contributed by atoms with E-state index in [2.05, 4.69) is 21.9 Å². The summed E-state index contributed by atoms with van der Waals surface area (Å²) in [5.74, 6) is 0. The van der Waals surface area contributed by atoms with E-state index in [1.807, 2.05) is 12.1 Å². The zero-order valence-corrected chi connectivity index (χ0v) is 13.1. The van der Waals surface area contributed by atoms with Crippen molar-refractivity contribution in [2.45, 2.75) is 44.6 Å². The number of anilines is 1. The highest BCUT2D eigenvalue weighted by Crippen LogP contribution is 2.21. The van der Waals surface area contributed by atoms with Gasteiger partial charge in [-0.3, -0.25) is 0 Å². The number of hydrogen-bond acceptors (Lipinski definition) is 3. The molecule has 0 radical (unpaired) electrons. The summed E-state index contributed by atoms with van der Waals surface area (Å²) in [6, 6.07) is 9.13. The van der Waals surface area contributed by atoms with Crippen molar-refractivity contribution in [1.82, 2.24) is 9.80 Å². The smallest absolute Gasteiger partial charge is 0.0347 e. The molecule has 2 aliphatic heterocycles. The van der Waals surface area contributed by atoms with Crippen molar-refractivity contribution in [2.75, 3.05) is 38.5 Å². The van der Waals surface area contributed by atoms with E-state index in [1.165, 1.54) is 63.8 Å². The van der Waals surface area contributed by atoms with Gasteiger partial charge in [0.25, 0.3) is 0 Å². The van der Waals surface area contributed by atoms with E-state index in [4.69, 9.17) is 5.73 Å². The van der Waals surface area contributed by atoms with Crippen LogP contribution in [0.3, 0.4) is 0 Å². The van der Waals surface area contributed by atoms with E-state index in [0.717, 1.165) is 24.7 Å². The standard InChI is InChI=1S/C18H29N3/c19-18-7-3-2-6-16(18)8-13-20-14-9-17(10-15-20)21-11-4-1-5-12-21/h2-3,6-7,17H,1,4-5,8-15,19H2. The van der Waals surface area contributed by atoms with Crippen molar-refractivity contribution in [2.24, 2.45) is 0 Å². The third-order valence-corrected chi connectivity index (χ3v) is 5.22. The Hall–Kier alpha value is -1.06. The van der Waals surface area contributed by atoms with Gasteiger partial charge in [-0.25, -0.2) is 0 Å². The quantitative estimate of drug-likeness (QED) is 0.864. The van der Waals surface area contributed by atoms with Crippen LogP contribution in [-0.4, -0.2) is 48.6 Å². The third-order valence-electron chi connectivity index (χ3n) is 5.22. The summed E-state index contributed by atoms with van der Waals surface area (Å²) in [4.78, 5) is 5.36. The summed E-state index contributed by atoms with van der Waals surface area (Å²) in [5, 5.41) is 0. The van der Waals surface area contributed by atoms with Crippen LogP contribution in [0.25, 0.3) is 0 Å². The zero-order valence-electron chi connectivity index (χ0n) is 13.1. The number of benzene rings is 1. The summed E-state index contributed by atoms with van der Waals surface area (Å²) in [7, 11) is 0. The normalized spacial score (nSPS) is 22.5. The molecule has 0 unspecified atom stereocenters. The fraction of sp³-hybridized carbons (Fsp3) is 0.667. The van der Waals surface area contributed by atoms with Crippen LogP contribution in [0.5, 0.6) is 0 Å². The molecule has 3 nitrogen and oxygen atoms in total. The van der Waals surface area contributed by atoms with Crippen LogP contribution in [0, 0.1) is 0 Å². The Morgan fingerprint density at radius 3 is 2.38 bits per heavy atom. The molecule has 0 atom stereocenters. The first kappa shape index (κ1) is 14.9. The minimum absolute atomic E-state index is 0.850. The van der Waals surface area contributed by atoms with Crippen molar-refractivity contribution >= 4 is 5.69 Å². The Bertz CT molecular complexity index is 432. The first-order chi connectivity index (χ1) is 10.3. The second-order valence-electron chi connectivity index (χ2n) is 6.62. The lowest BCUT2D eigenvalue weighted by molar-refractivity contribution is 0.0931. The fourth-order valence-corrected chi connectivity index (χ4v) is 3.83. The largest absolute Gasteiger partial charge is 0.399 e. The van der Waals surface area contributed by atoms with E-state index in [-0.39, 0.29) is 0 Å². The molecule has 0 amide bonds. The number of nitrogens with zero attached hydrogens (tertiary/aromatic N) is 2. The lowest BCUT2D eigenvalue weighted by atomic mass is 9.99. The molecule has 0 saturated carbocycles. The molecule has 2 fully saturated rings. The predicted octanol–water partition coefficient (Wildman–Crippen LogP) is 2.76. The van der Waals surface area contributed by atoms with Gasteiger partial charge in [0.2, 0.25) is 0 Å². The number of hydrogen-bond donors (Lipinski definition) is 1. The van der Waals surface area contributed by atoms with Gasteiger partial charge < -0.3 is 15.5 Å². The summed E-state index contributed by atoms with van der Waals surface area (Å²) < 4.78 is 0. The number of piperidine rings is 2. The molecular weight excluding hydrogens is 258 g/mol. The molecule has 0 bridgehead atoms. The topological polar surface area (TPSA) is 32.5 Å². The number of rotatable bonds is 4. The highest BCUT2D eigenvalue weighted by Gasteiger charge is 2.25. The predicted molar refractivity (Wildman–Crippen MR) is 89.4 cm³/mol. The lowest BCUT2D eigenvalue weighted by Gasteiger charge is -2.40. The van der Waals surface area contributed by atoms with Crippen LogP contribution in [0.1, 0.15) is 37.7 Å². The monoisotopic (exact) mass is 287 g/mol. The van der Waals surface area contributed by atoms with Crippen LogP contribution < -0.4 is 5.73 Å². The highest BCUT2D eigenvalue weighted by molar-refractivity contribution is 5.46. The molecule has 2 N–H and O–H groups in total. The van der Waals surface area contributed by atoms with Gasteiger partial charge >= 0.3 is 0 Å². The van der Waals surface area contributed by atoms with Gasteiger partial charge in [-0.2, -0.15) is 0 Å². The second kappa shape index (κ2) is 7.28. The average molecular weight is 287 g/mol. The van der Waals surface area contributed by atoms with Gasteiger partial charge in [-0.1, -0.05) is 24.6 Å². The summed E-state index contributed by atoms with van der Waals surface area (Å²) >= 11 is 0. The van der Waals surface area contributed by atoms with Crippen LogP contribution in [0.15, 0.2) is 24.3 Å².